The Bertz CT molecular complexity index is 992. The van der Waals surface area contributed by atoms with Crippen molar-refractivity contribution in [1.82, 2.24) is 10.6 Å². The minimum atomic E-state index is -0.369. The molecule has 0 aliphatic heterocycles. The first-order chi connectivity index (χ1) is 14.7. The zero-order valence-electron chi connectivity index (χ0n) is 16.3. The molecule has 0 saturated carbocycles. The third-order valence-electron chi connectivity index (χ3n) is 4.49. The Labute approximate surface area is 181 Å². The molecular formula is C24H22N4OS. The molecule has 0 atom stereocenters. The molecule has 150 valence electrons. The Morgan fingerprint density at radius 1 is 0.867 bits per heavy atom. The third-order valence-corrected chi connectivity index (χ3v) is 4.73. The van der Waals surface area contributed by atoms with Gasteiger partial charge in [-0.25, -0.2) is 0 Å². The van der Waals surface area contributed by atoms with E-state index < -0.39 is 0 Å². The molecule has 3 aromatic rings. The van der Waals surface area contributed by atoms with Crippen LogP contribution in [0.1, 0.15) is 22.6 Å². The van der Waals surface area contributed by atoms with Gasteiger partial charge in [0.25, 0.3) is 0 Å². The van der Waals surface area contributed by atoms with Gasteiger partial charge in [-0.1, -0.05) is 66.7 Å². The highest BCUT2D eigenvalue weighted by molar-refractivity contribution is 7.80. The van der Waals surface area contributed by atoms with Crippen LogP contribution in [0.4, 0.5) is 5.69 Å². The van der Waals surface area contributed by atoms with Crippen molar-refractivity contribution >= 4 is 28.9 Å². The quantitative estimate of drug-likeness (QED) is 0.405. The smallest absolute Gasteiger partial charge is 0.232 e. The number of benzene rings is 3. The van der Waals surface area contributed by atoms with E-state index in [4.69, 9.17) is 17.5 Å². The highest BCUT2D eigenvalue weighted by atomic mass is 32.1. The molecular weight excluding hydrogens is 392 g/mol. The summed E-state index contributed by atoms with van der Waals surface area (Å²) < 4.78 is 0. The molecule has 0 bridgehead atoms. The first-order valence-electron chi connectivity index (χ1n) is 9.60. The molecule has 3 aromatic carbocycles. The molecule has 0 aliphatic carbocycles. The molecule has 0 heterocycles. The van der Waals surface area contributed by atoms with E-state index in [-0.39, 0.29) is 11.8 Å². The van der Waals surface area contributed by atoms with Crippen molar-refractivity contribution < 1.29 is 4.79 Å². The average Bonchev–Trinajstić information content (AvgIpc) is 2.78. The Morgan fingerprint density at radius 3 is 2.07 bits per heavy atom. The van der Waals surface area contributed by atoms with E-state index in [9.17, 15) is 4.79 Å². The van der Waals surface area contributed by atoms with Gasteiger partial charge in [0.1, 0.15) is 0 Å². The van der Waals surface area contributed by atoms with Crippen LogP contribution >= 0.6 is 12.2 Å². The Morgan fingerprint density at radius 2 is 1.47 bits per heavy atom. The molecule has 0 saturated heterocycles. The number of hydrogen-bond acceptors (Lipinski definition) is 3. The number of thiocarbonyl (C=S) groups is 1. The summed E-state index contributed by atoms with van der Waals surface area (Å²) >= 11 is 5.28. The normalized spacial score (nSPS) is 10.1. The van der Waals surface area contributed by atoms with Crippen LogP contribution in [0.15, 0.2) is 84.9 Å². The zero-order chi connectivity index (χ0) is 21.2. The first-order valence-corrected chi connectivity index (χ1v) is 10.0. The molecule has 0 unspecified atom stereocenters. The second-order valence-corrected chi connectivity index (χ2v) is 7.03. The standard InChI is InChI=1S/C24H22N4OS/c25-17-18-8-7-13-21(16-18)28-24(30)27-15-14-26-23(29)22(19-9-3-1-4-10-19)20-11-5-2-6-12-20/h1-13,16,22H,14-15H2,(H,26,29)(H2,27,28,30). The monoisotopic (exact) mass is 414 g/mol. The van der Waals surface area contributed by atoms with Gasteiger partial charge >= 0.3 is 0 Å². The van der Waals surface area contributed by atoms with E-state index in [2.05, 4.69) is 22.0 Å². The topological polar surface area (TPSA) is 77.0 Å². The maximum absolute atomic E-state index is 12.9. The van der Waals surface area contributed by atoms with Crippen LogP contribution < -0.4 is 16.0 Å². The summed E-state index contributed by atoms with van der Waals surface area (Å²) in [5.74, 6) is -0.430. The fraction of sp³-hybridized carbons (Fsp3) is 0.125. The van der Waals surface area contributed by atoms with Crippen molar-refractivity contribution in [2.75, 3.05) is 18.4 Å². The van der Waals surface area contributed by atoms with E-state index >= 15 is 0 Å². The van der Waals surface area contributed by atoms with Crippen molar-refractivity contribution in [3.63, 3.8) is 0 Å². The van der Waals surface area contributed by atoms with Gasteiger partial charge in [0, 0.05) is 18.8 Å². The molecule has 0 fully saturated rings. The van der Waals surface area contributed by atoms with Gasteiger partial charge < -0.3 is 16.0 Å². The predicted octanol–water partition coefficient (Wildman–Crippen LogP) is 3.79. The van der Waals surface area contributed by atoms with E-state index in [1.807, 2.05) is 66.7 Å². The molecule has 0 aliphatic rings. The van der Waals surface area contributed by atoms with Crippen LogP contribution in [0.5, 0.6) is 0 Å². The molecule has 3 rings (SSSR count). The van der Waals surface area contributed by atoms with E-state index in [0.29, 0.717) is 23.8 Å². The summed E-state index contributed by atoms with van der Waals surface area (Å²) in [6.07, 6.45) is 0. The van der Waals surface area contributed by atoms with Crippen molar-refractivity contribution in [3.8, 4) is 6.07 Å². The molecule has 5 nitrogen and oxygen atoms in total. The number of carbonyl (C=O) groups is 1. The lowest BCUT2D eigenvalue weighted by atomic mass is 9.90. The highest BCUT2D eigenvalue weighted by Gasteiger charge is 2.21. The number of carbonyl (C=O) groups excluding carboxylic acids is 1. The van der Waals surface area contributed by atoms with Gasteiger partial charge in [-0.15, -0.1) is 0 Å². The lowest BCUT2D eigenvalue weighted by molar-refractivity contribution is -0.121. The van der Waals surface area contributed by atoms with Crippen LogP contribution in [0.25, 0.3) is 0 Å². The second kappa shape index (κ2) is 10.7. The molecule has 30 heavy (non-hydrogen) atoms. The van der Waals surface area contributed by atoms with Gasteiger partial charge in [-0.2, -0.15) is 5.26 Å². The number of nitrogens with zero attached hydrogens (tertiary/aromatic N) is 1. The van der Waals surface area contributed by atoms with Crippen LogP contribution in [0.2, 0.25) is 0 Å². The van der Waals surface area contributed by atoms with Gasteiger partial charge in [0.2, 0.25) is 5.91 Å². The summed E-state index contributed by atoms with van der Waals surface area (Å²) in [5, 5.41) is 18.5. The molecule has 0 spiro atoms. The van der Waals surface area contributed by atoms with Crippen molar-refractivity contribution in [1.29, 1.82) is 5.26 Å². The van der Waals surface area contributed by atoms with Crippen LogP contribution in [-0.4, -0.2) is 24.1 Å². The lowest BCUT2D eigenvalue weighted by Gasteiger charge is -2.18. The molecule has 0 radical (unpaired) electrons. The third kappa shape index (κ3) is 5.90. The minimum Gasteiger partial charge on any atom is -0.361 e. The Kier molecular flexibility index (Phi) is 7.53. The second-order valence-electron chi connectivity index (χ2n) is 6.62. The van der Waals surface area contributed by atoms with Crippen molar-refractivity contribution in [2.24, 2.45) is 0 Å². The van der Waals surface area contributed by atoms with E-state index in [1.165, 1.54) is 0 Å². The number of amides is 1. The summed E-state index contributed by atoms with van der Waals surface area (Å²) in [4.78, 5) is 12.9. The summed E-state index contributed by atoms with van der Waals surface area (Å²) in [6.45, 7) is 0.904. The maximum Gasteiger partial charge on any atom is 0.232 e. The van der Waals surface area contributed by atoms with Crippen molar-refractivity contribution in [2.45, 2.75) is 5.92 Å². The molecule has 1 amide bonds. The van der Waals surface area contributed by atoms with Gasteiger partial charge in [-0.3, -0.25) is 4.79 Å². The van der Waals surface area contributed by atoms with E-state index in [1.54, 1.807) is 18.2 Å². The Balaban J connectivity index is 1.53. The zero-order valence-corrected chi connectivity index (χ0v) is 17.2. The van der Waals surface area contributed by atoms with Crippen LogP contribution in [0.3, 0.4) is 0 Å². The van der Waals surface area contributed by atoms with Gasteiger partial charge in [0.05, 0.1) is 17.6 Å². The number of hydrogen-bond donors (Lipinski definition) is 3. The van der Waals surface area contributed by atoms with Crippen LogP contribution in [0, 0.1) is 11.3 Å². The maximum atomic E-state index is 12.9. The number of nitriles is 1. The fourth-order valence-corrected chi connectivity index (χ4v) is 3.31. The average molecular weight is 415 g/mol. The van der Waals surface area contributed by atoms with Gasteiger partial charge in [-0.05, 0) is 41.5 Å². The number of rotatable bonds is 7. The minimum absolute atomic E-state index is 0.0604. The fourth-order valence-electron chi connectivity index (χ4n) is 3.09. The molecule has 6 heteroatoms. The highest BCUT2D eigenvalue weighted by Crippen LogP contribution is 2.24. The van der Waals surface area contributed by atoms with E-state index in [0.717, 1.165) is 16.8 Å². The summed E-state index contributed by atoms with van der Waals surface area (Å²) in [5.41, 5.74) is 3.19. The Hall–Kier alpha value is -3.69. The first kappa shape index (κ1) is 21.0. The molecule has 3 N–H and O–H groups in total. The number of anilines is 1. The van der Waals surface area contributed by atoms with Gasteiger partial charge in [0.15, 0.2) is 5.11 Å². The predicted molar refractivity (Wildman–Crippen MR) is 123 cm³/mol. The van der Waals surface area contributed by atoms with Crippen molar-refractivity contribution in [3.05, 3.63) is 102 Å². The lowest BCUT2D eigenvalue weighted by Crippen LogP contribution is -2.38. The largest absolute Gasteiger partial charge is 0.361 e. The summed E-state index contributed by atoms with van der Waals surface area (Å²) in [7, 11) is 0. The molecule has 0 aromatic heterocycles. The SMILES string of the molecule is N#Cc1cccc(NC(=S)NCCNC(=O)C(c2ccccc2)c2ccccc2)c1. The summed E-state index contributed by atoms with van der Waals surface area (Å²) in [6, 6.07) is 28.6. The van der Waals surface area contributed by atoms with Crippen LogP contribution in [-0.2, 0) is 4.79 Å². The number of nitrogens with one attached hydrogen (secondary N) is 3.